The van der Waals surface area contributed by atoms with Gasteiger partial charge in [-0.25, -0.2) is 0 Å². The summed E-state index contributed by atoms with van der Waals surface area (Å²) in [4.78, 5) is 11.5. The third-order valence-electron chi connectivity index (χ3n) is 6.82. The van der Waals surface area contributed by atoms with Gasteiger partial charge in [-0.15, -0.1) is 0 Å². The predicted molar refractivity (Wildman–Crippen MR) is 142 cm³/mol. The van der Waals surface area contributed by atoms with Crippen molar-refractivity contribution >= 4 is 5.91 Å². The first-order valence-corrected chi connectivity index (χ1v) is 14.5. The standard InChI is InChI=1S/C28H57NO6/c1-2-3-4-5-6-7-8-9-10-11-12-13-14-15-16-17-18-19-20-21-22-35-27(28(29)34)26(33)25(32)24(31)23-30/h24-27,30-33H,2-23H2,1H3,(H2,29,34)/t24-,25-,26+,27-/m1/s1. The van der Waals surface area contributed by atoms with Crippen molar-refractivity contribution in [3.05, 3.63) is 0 Å². The third-order valence-corrected chi connectivity index (χ3v) is 6.82. The highest BCUT2D eigenvalue weighted by Gasteiger charge is 2.35. The molecule has 0 aliphatic heterocycles. The molecule has 7 nitrogen and oxygen atoms in total. The molecule has 0 rings (SSSR count). The second kappa shape index (κ2) is 24.9. The molecule has 0 heterocycles. The quantitative estimate of drug-likeness (QED) is 0.103. The molecule has 1 amide bonds. The second-order valence-corrected chi connectivity index (χ2v) is 10.1. The predicted octanol–water partition coefficient (Wildman–Crippen LogP) is 4.75. The number of rotatable bonds is 27. The second-order valence-electron chi connectivity index (χ2n) is 10.1. The van der Waals surface area contributed by atoms with Crippen molar-refractivity contribution in [2.45, 2.75) is 160 Å². The van der Waals surface area contributed by atoms with Crippen LogP contribution in [0.5, 0.6) is 0 Å². The molecule has 0 aromatic rings. The van der Waals surface area contributed by atoms with Crippen molar-refractivity contribution in [3.8, 4) is 0 Å². The summed E-state index contributed by atoms with van der Waals surface area (Å²) in [6.07, 6.45) is 19.6. The molecule has 0 aromatic carbocycles. The maximum absolute atomic E-state index is 11.5. The van der Waals surface area contributed by atoms with Crippen LogP contribution in [0.3, 0.4) is 0 Å². The number of hydrogen-bond donors (Lipinski definition) is 5. The molecule has 0 aromatic heterocycles. The average Bonchev–Trinajstić information content (AvgIpc) is 2.85. The number of carbonyl (C=O) groups excluding carboxylic acids is 1. The van der Waals surface area contributed by atoms with Crippen LogP contribution in [-0.4, -0.2) is 64.0 Å². The van der Waals surface area contributed by atoms with Gasteiger partial charge in [-0.2, -0.15) is 0 Å². The maximum Gasteiger partial charge on any atom is 0.249 e. The molecular weight excluding hydrogens is 446 g/mol. The van der Waals surface area contributed by atoms with E-state index in [0.29, 0.717) is 0 Å². The van der Waals surface area contributed by atoms with Crippen LogP contribution >= 0.6 is 0 Å². The molecule has 0 aliphatic carbocycles. The Hall–Kier alpha value is -0.730. The van der Waals surface area contributed by atoms with Crippen LogP contribution in [0.2, 0.25) is 0 Å². The fourth-order valence-corrected chi connectivity index (χ4v) is 4.43. The first-order valence-electron chi connectivity index (χ1n) is 14.5. The van der Waals surface area contributed by atoms with Gasteiger partial charge in [-0.3, -0.25) is 4.79 Å². The molecule has 0 saturated heterocycles. The van der Waals surface area contributed by atoms with Gasteiger partial charge < -0.3 is 30.9 Å². The zero-order chi connectivity index (χ0) is 26.2. The Morgan fingerprint density at radius 2 is 0.971 bits per heavy atom. The number of carbonyl (C=O) groups is 1. The summed E-state index contributed by atoms with van der Waals surface area (Å²) in [6, 6.07) is 0. The molecule has 210 valence electrons. The SMILES string of the molecule is CCCCCCCCCCCCCCCCCCCCCCO[C@@H](C(N)=O)[C@@H](O)[C@H](O)[C@H](O)CO. The minimum Gasteiger partial charge on any atom is -0.394 e. The topological polar surface area (TPSA) is 133 Å². The molecule has 0 saturated carbocycles. The smallest absolute Gasteiger partial charge is 0.249 e. The zero-order valence-corrected chi connectivity index (χ0v) is 22.5. The number of nitrogens with two attached hydrogens (primary N) is 1. The van der Waals surface area contributed by atoms with Crippen molar-refractivity contribution in [2.24, 2.45) is 5.73 Å². The van der Waals surface area contributed by atoms with Gasteiger partial charge in [0.25, 0.3) is 0 Å². The monoisotopic (exact) mass is 503 g/mol. The molecule has 7 heteroatoms. The van der Waals surface area contributed by atoms with Crippen LogP contribution in [-0.2, 0) is 9.53 Å². The van der Waals surface area contributed by atoms with E-state index in [-0.39, 0.29) is 6.61 Å². The third kappa shape index (κ3) is 20.1. The van der Waals surface area contributed by atoms with Crippen LogP contribution in [0.1, 0.15) is 135 Å². The maximum atomic E-state index is 11.5. The summed E-state index contributed by atoms with van der Waals surface area (Å²) in [5.41, 5.74) is 5.23. The fraction of sp³-hybridized carbons (Fsp3) is 0.964. The van der Waals surface area contributed by atoms with Crippen LogP contribution in [0.4, 0.5) is 0 Å². The molecule has 0 unspecified atom stereocenters. The average molecular weight is 504 g/mol. The summed E-state index contributed by atoms with van der Waals surface area (Å²) < 4.78 is 5.34. The minimum absolute atomic E-state index is 0.242. The summed E-state index contributed by atoms with van der Waals surface area (Å²) in [6.45, 7) is 1.78. The van der Waals surface area contributed by atoms with E-state index in [4.69, 9.17) is 15.6 Å². The Kier molecular flexibility index (Phi) is 24.4. The molecule has 6 N–H and O–H groups in total. The van der Waals surface area contributed by atoms with E-state index in [9.17, 15) is 20.1 Å². The van der Waals surface area contributed by atoms with Crippen LogP contribution in [0.25, 0.3) is 0 Å². The number of amides is 1. The molecule has 35 heavy (non-hydrogen) atoms. The zero-order valence-electron chi connectivity index (χ0n) is 22.5. The van der Waals surface area contributed by atoms with Gasteiger partial charge in [0.2, 0.25) is 5.91 Å². The van der Waals surface area contributed by atoms with E-state index in [1.165, 1.54) is 109 Å². The molecule has 0 aliphatic rings. The van der Waals surface area contributed by atoms with Crippen LogP contribution < -0.4 is 5.73 Å². The van der Waals surface area contributed by atoms with E-state index < -0.39 is 36.9 Å². The van der Waals surface area contributed by atoms with E-state index in [0.717, 1.165) is 19.3 Å². The van der Waals surface area contributed by atoms with Crippen LogP contribution in [0.15, 0.2) is 0 Å². The van der Waals surface area contributed by atoms with Gasteiger partial charge in [0, 0.05) is 6.61 Å². The Morgan fingerprint density at radius 1 is 0.629 bits per heavy atom. The van der Waals surface area contributed by atoms with Crippen molar-refractivity contribution in [2.75, 3.05) is 13.2 Å². The Balaban J connectivity index is 3.45. The normalized spacial score (nSPS) is 15.1. The number of ether oxygens (including phenoxy) is 1. The van der Waals surface area contributed by atoms with Gasteiger partial charge in [-0.05, 0) is 6.42 Å². The lowest BCUT2D eigenvalue weighted by atomic mass is 10.0. The summed E-state index contributed by atoms with van der Waals surface area (Å²) >= 11 is 0. The van der Waals surface area contributed by atoms with Crippen molar-refractivity contribution < 1.29 is 30.0 Å². The van der Waals surface area contributed by atoms with Crippen molar-refractivity contribution in [1.29, 1.82) is 0 Å². The molecule has 0 spiro atoms. The Bertz CT molecular complexity index is 465. The highest BCUT2D eigenvalue weighted by Crippen LogP contribution is 2.15. The summed E-state index contributed by atoms with van der Waals surface area (Å²) in [7, 11) is 0. The number of primary amides is 1. The van der Waals surface area contributed by atoms with Gasteiger partial charge >= 0.3 is 0 Å². The first-order chi connectivity index (χ1) is 17.0. The molecule has 4 atom stereocenters. The van der Waals surface area contributed by atoms with E-state index >= 15 is 0 Å². The fourth-order valence-electron chi connectivity index (χ4n) is 4.43. The van der Waals surface area contributed by atoms with Crippen molar-refractivity contribution in [1.82, 2.24) is 0 Å². The lowest BCUT2D eigenvalue weighted by Crippen LogP contribution is -2.51. The Morgan fingerprint density at radius 3 is 1.29 bits per heavy atom. The summed E-state index contributed by atoms with van der Waals surface area (Å²) in [5, 5.41) is 38.0. The first kappa shape index (κ1) is 34.3. The largest absolute Gasteiger partial charge is 0.394 e. The van der Waals surface area contributed by atoms with Gasteiger partial charge in [0.15, 0.2) is 6.10 Å². The number of aliphatic hydroxyl groups is 4. The Labute approximate surface area is 214 Å². The lowest BCUT2D eigenvalue weighted by molar-refractivity contribution is -0.155. The number of aliphatic hydroxyl groups excluding tert-OH is 4. The van der Waals surface area contributed by atoms with E-state index in [1.807, 2.05) is 0 Å². The molecule has 0 fully saturated rings. The highest BCUT2D eigenvalue weighted by molar-refractivity contribution is 5.79. The van der Waals surface area contributed by atoms with Gasteiger partial charge in [-0.1, -0.05) is 129 Å². The van der Waals surface area contributed by atoms with Gasteiger partial charge in [0.1, 0.15) is 18.3 Å². The molecule has 0 radical (unpaired) electrons. The minimum atomic E-state index is -1.70. The number of hydrogen-bond acceptors (Lipinski definition) is 6. The summed E-state index contributed by atoms with van der Waals surface area (Å²) in [5.74, 6) is -0.908. The van der Waals surface area contributed by atoms with Gasteiger partial charge in [0.05, 0.1) is 6.61 Å². The molecular formula is C28H57NO6. The van der Waals surface area contributed by atoms with E-state index in [1.54, 1.807) is 0 Å². The van der Waals surface area contributed by atoms with Crippen LogP contribution in [0, 0.1) is 0 Å². The van der Waals surface area contributed by atoms with E-state index in [2.05, 4.69) is 6.92 Å². The van der Waals surface area contributed by atoms with Crippen molar-refractivity contribution in [3.63, 3.8) is 0 Å². The molecule has 0 bridgehead atoms. The highest BCUT2D eigenvalue weighted by atomic mass is 16.5. The lowest BCUT2D eigenvalue weighted by Gasteiger charge is -2.27. The number of unbranched alkanes of at least 4 members (excludes halogenated alkanes) is 19.